The molecule has 5 nitrogen and oxygen atoms in total. The lowest BCUT2D eigenvalue weighted by molar-refractivity contribution is 0.247. The van der Waals surface area contributed by atoms with E-state index in [9.17, 15) is 8.42 Å². The summed E-state index contributed by atoms with van der Waals surface area (Å²) in [4.78, 5) is 2.66. The topological polar surface area (TPSA) is 58.6 Å². The van der Waals surface area contributed by atoms with Gasteiger partial charge in [-0.1, -0.05) is 6.92 Å². The van der Waals surface area contributed by atoms with Gasteiger partial charge in [0, 0.05) is 12.6 Å². The minimum absolute atomic E-state index is 0.0850. The summed E-state index contributed by atoms with van der Waals surface area (Å²) in [5.41, 5.74) is 2.02. The van der Waals surface area contributed by atoms with Crippen molar-refractivity contribution in [2.45, 2.75) is 44.0 Å². The molecule has 7 heteroatoms. The van der Waals surface area contributed by atoms with Crippen molar-refractivity contribution in [3.8, 4) is 5.75 Å². The molecular formula is C20H28N2O3S2. The third-order valence-corrected chi connectivity index (χ3v) is 7.02. The van der Waals surface area contributed by atoms with Crippen molar-refractivity contribution < 1.29 is 13.2 Å². The van der Waals surface area contributed by atoms with E-state index in [1.165, 1.54) is 18.4 Å². The largest absolute Gasteiger partial charge is 0.493 e. The number of nitrogens with one attached hydrogen (secondary N) is 1. The Balaban J connectivity index is 1.72. The van der Waals surface area contributed by atoms with Crippen molar-refractivity contribution in [1.29, 1.82) is 0 Å². The molecule has 1 fully saturated rings. The van der Waals surface area contributed by atoms with Gasteiger partial charge in [-0.15, -0.1) is 0 Å². The Labute approximate surface area is 166 Å². The highest BCUT2D eigenvalue weighted by Gasteiger charge is 2.26. The summed E-state index contributed by atoms with van der Waals surface area (Å²) in [5.74, 6) is 0.740. The van der Waals surface area contributed by atoms with Crippen LogP contribution in [0.15, 0.2) is 39.9 Å². The van der Waals surface area contributed by atoms with E-state index in [0.717, 1.165) is 30.8 Å². The first-order chi connectivity index (χ1) is 13.0. The fourth-order valence-electron chi connectivity index (χ4n) is 3.41. The van der Waals surface area contributed by atoms with E-state index < -0.39 is 10.0 Å². The van der Waals surface area contributed by atoms with E-state index in [1.54, 1.807) is 29.5 Å². The van der Waals surface area contributed by atoms with Crippen LogP contribution in [0.3, 0.4) is 0 Å². The lowest BCUT2D eigenvalue weighted by Gasteiger charge is -2.27. The van der Waals surface area contributed by atoms with Crippen LogP contribution < -0.4 is 9.46 Å². The molecule has 0 spiro atoms. The van der Waals surface area contributed by atoms with Crippen LogP contribution in [-0.2, 0) is 10.0 Å². The van der Waals surface area contributed by atoms with Crippen LogP contribution in [0.2, 0.25) is 0 Å². The fourth-order valence-corrected chi connectivity index (χ4v) is 5.24. The van der Waals surface area contributed by atoms with E-state index in [4.69, 9.17) is 4.74 Å². The van der Waals surface area contributed by atoms with E-state index in [0.29, 0.717) is 13.2 Å². The number of hydrogen-bond acceptors (Lipinski definition) is 5. The van der Waals surface area contributed by atoms with Gasteiger partial charge in [-0.2, -0.15) is 11.3 Å². The first-order valence-electron chi connectivity index (χ1n) is 9.50. The van der Waals surface area contributed by atoms with Gasteiger partial charge >= 0.3 is 0 Å². The van der Waals surface area contributed by atoms with Crippen molar-refractivity contribution >= 4 is 21.4 Å². The Morgan fingerprint density at radius 2 is 2.04 bits per heavy atom. The number of rotatable bonds is 9. The Morgan fingerprint density at radius 3 is 2.67 bits per heavy atom. The number of benzene rings is 1. The lowest BCUT2D eigenvalue weighted by Crippen LogP contribution is -2.36. The minimum Gasteiger partial charge on any atom is -0.493 e. The number of hydrogen-bond donors (Lipinski definition) is 1. The maximum absolute atomic E-state index is 12.8. The van der Waals surface area contributed by atoms with Gasteiger partial charge in [-0.25, -0.2) is 13.1 Å². The molecule has 0 saturated carbocycles. The Bertz CT molecular complexity index is 829. The monoisotopic (exact) mass is 408 g/mol. The molecule has 1 atom stereocenters. The van der Waals surface area contributed by atoms with Gasteiger partial charge in [0.1, 0.15) is 5.75 Å². The molecule has 1 saturated heterocycles. The Kier molecular flexibility index (Phi) is 6.92. The van der Waals surface area contributed by atoms with Gasteiger partial charge in [-0.05, 0) is 85.4 Å². The highest BCUT2D eigenvalue weighted by atomic mass is 32.2. The molecule has 2 heterocycles. The standard InChI is InChI=1S/C20H28N2O3S2/c1-3-11-25-20-7-6-18(13-16(20)2)27(23,24)21-14-19(17-8-12-26-15-17)22-9-4-5-10-22/h6-8,12-13,15,19,21H,3-5,9-11,14H2,1-2H3. The molecule has 0 amide bonds. The van der Waals surface area contributed by atoms with Gasteiger partial charge in [0.25, 0.3) is 0 Å². The molecule has 1 aliphatic rings. The van der Waals surface area contributed by atoms with Gasteiger partial charge in [0.15, 0.2) is 0 Å². The number of thiophene rings is 1. The molecule has 1 unspecified atom stereocenters. The third-order valence-electron chi connectivity index (χ3n) is 4.89. The van der Waals surface area contributed by atoms with Crippen LogP contribution in [0.25, 0.3) is 0 Å². The second-order valence-electron chi connectivity index (χ2n) is 6.94. The molecule has 1 aliphatic heterocycles. The number of nitrogens with zero attached hydrogens (tertiary/aromatic N) is 1. The summed E-state index contributed by atoms with van der Waals surface area (Å²) in [5, 5.41) is 4.16. The Morgan fingerprint density at radius 1 is 1.26 bits per heavy atom. The zero-order chi connectivity index (χ0) is 19.3. The van der Waals surface area contributed by atoms with Gasteiger partial charge in [0.2, 0.25) is 10.0 Å². The number of ether oxygens (including phenoxy) is 1. The van der Waals surface area contributed by atoms with Crippen LogP contribution >= 0.6 is 11.3 Å². The summed E-state index contributed by atoms with van der Waals surface area (Å²) in [6.45, 7) is 6.97. The number of sulfonamides is 1. The van der Waals surface area contributed by atoms with Crippen LogP contribution in [0, 0.1) is 6.92 Å². The quantitative estimate of drug-likeness (QED) is 0.682. The second kappa shape index (κ2) is 9.19. The maximum atomic E-state index is 12.8. The molecule has 0 aliphatic carbocycles. The van der Waals surface area contributed by atoms with Crippen molar-refractivity contribution in [3.05, 3.63) is 46.2 Å². The summed E-state index contributed by atoms with van der Waals surface area (Å²) < 4.78 is 34.1. The molecule has 2 aromatic rings. The lowest BCUT2D eigenvalue weighted by atomic mass is 10.1. The highest BCUT2D eigenvalue weighted by Crippen LogP contribution is 2.27. The van der Waals surface area contributed by atoms with E-state index in [1.807, 2.05) is 19.2 Å². The summed E-state index contributed by atoms with van der Waals surface area (Å²) in [7, 11) is -3.56. The van der Waals surface area contributed by atoms with Crippen molar-refractivity contribution in [2.75, 3.05) is 26.2 Å². The zero-order valence-corrected chi connectivity index (χ0v) is 17.6. The van der Waals surface area contributed by atoms with Crippen LogP contribution in [0.4, 0.5) is 0 Å². The number of likely N-dealkylation sites (tertiary alicyclic amines) is 1. The van der Waals surface area contributed by atoms with E-state index in [-0.39, 0.29) is 10.9 Å². The number of aryl methyl sites for hydroxylation is 1. The molecular weight excluding hydrogens is 380 g/mol. The minimum atomic E-state index is -3.56. The first-order valence-corrected chi connectivity index (χ1v) is 11.9. The molecule has 0 radical (unpaired) electrons. The van der Waals surface area contributed by atoms with Gasteiger partial charge < -0.3 is 4.74 Å². The molecule has 27 heavy (non-hydrogen) atoms. The molecule has 0 bridgehead atoms. The van der Waals surface area contributed by atoms with Crippen molar-refractivity contribution in [1.82, 2.24) is 9.62 Å². The molecule has 1 aromatic heterocycles. The molecule has 148 valence electrons. The molecule has 3 rings (SSSR count). The van der Waals surface area contributed by atoms with Crippen molar-refractivity contribution in [2.24, 2.45) is 0 Å². The third kappa shape index (κ3) is 5.10. The molecule has 1 N–H and O–H groups in total. The zero-order valence-electron chi connectivity index (χ0n) is 16.0. The summed E-state index contributed by atoms with van der Waals surface area (Å²) >= 11 is 1.65. The summed E-state index contributed by atoms with van der Waals surface area (Å²) in [6, 6.07) is 7.22. The van der Waals surface area contributed by atoms with E-state index in [2.05, 4.69) is 21.1 Å². The SMILES string of the molecule is CCCOc1ccc(S(=O)(=O)NCC(c2ccsc2)N2CCCC2)cc1C. The maximum Gasteiger partial charge on any atom is 0.240 e. The van der Waals surface area contributed by atoms with Crippen LogP contribution in [-0.4, -0.2) is 39.6 Å². The van der Waals surface area contributed by atoms with Crippen molar-refractivity contribution in [3.63, 3.8) is 0 Å². The highest BCUT2D eigenvalue weighted by molar-refractivity contribution is 7.89. The van der Waals surface area contributed by atoms with Gasteiger partial charge in [0.05, 0.1) is 11.5 Å². The van der Waals surface area contributed by atoms with Gasteiger partial charge in [-0.3, -0.25) is 4.90 Å². The average Bonchev–Trinajstić information content (AvgIpc) is 3.35. The van der Waals surface area contributed by atoms with Crippen LogP contribution in [0.1, 0.15) is 43.4 Å². The summed E-state index contributed by atoms with van der Waals surface area (Å²) in [6.07, 6.45) is 3.26. The fraction of sp³-hybridized carbons (Fsp3) is 0.500. The predicted molar refractivity (Wildman–Crippen MR) is 110 cm³/mol. The smallest absolute Gasteiger partial charge is 0.240 e. The average molecular weight is 409 g/mol. The second-order valence-corrected chi connectivity index (χ2v) is 9.49. The first kappa shape index (κ1) is 20.3. The van der Waals surface area contributed by atoms with Crippen LogP contribution in [0.5, 0.6) is 5.75 Å². The predicted octanol–water partition coefficient (Wildman–Crippen LogP) is 3.96. The van der Waals surface area contributed by atoms with E-state index >= 15 is 0 Å². The Hall–Kier alpha value is -1.41. The molecule has 1 aromatic carbocycles. The normalized spacial score (nSPS) is 16.5.